The number of aliphatic hydroxyl groups is 1. The molecule has 0 atom stereocenters. The van der Waals surface area contributed by atoms with Gasteiger partial charge in [0.05, 0.1) is 18.8 Å². The van der Waals surface area contributed by atoms with Crippen molar-refractivity contribution < 1.29 is 28.5 Å². The summed E-state index contributed by atoms with van der Waals surface area (Å²) < 4.78 is 37.5. The topological polar surface area (TPSA) is 100 Å². The van der Waals surface area contributed by atoms with Gasteiger partial charge in [0.25, 0.3) is 0 Å². The van der Waals surface area contributed by atoms with Crippen molar-refractivity contribution in [2.75, 3.05) is 7.11 Å². The van der Waals surface area contributed by atoms with Crippen molar-refractivity contribution in [2.24, 2.45) is 0 Å². The van der Waals surface area contributed by atoms with Crippen LogP contribution < -0.4 is 4.74 Å². The van der Waals surface area contributed by atoms with Gasteiger partial charge in [-0.15, -0.1) is 0 Å². The molecule has 0 amide bonds. The van der Waals surface area contributed by atoms with Gasteiger partial charge in [-0.25, -0.2) is 13.6 Å². The molecule has 0 aliphatic heterocycles. The lowest BCUT2D eigenvalue weighted by Crippen LogP contribution is -2.41. The van der Waals surface area contributed by atoms with Gasteiger partial charge >= 0.3 is 5.97 Å². The molecule has 7 nitrogen and oxygen atoms in total. The molecule has 3 N–H and O–H groups in total. The molecule has 0 saturated heterocycles. The number of nitrogens with zero attached hydrogens (tertiary/aromatic N) is 2. The lowest BCUT2D eigenvalue weighted by molar-refractivity contribution is -0.162. The minimum Gasteiger partial charge on any atom is -0.494 e. The number of H-pyrrole nitrogens is 1. The minimum atomic E-state index is -1.77. The Morgan fingerprint density at radius 2 is 1.97 bits per heavy atom. The summed E-state index contributed by atoms with van der Waals surface area (Å²) in [5.74, 6) is -2.28. The number of carbonyl (C=O) groups is 1. The molecule has 0 radical (unpaired) electrons. The number of nitrogens with one attached hydrogen (secondary N) is 1. The first-order valence-corrected chi connectivity index (χ1v) is 11.7. The molecule has 9 heteroatoms. The Balaban J connectivity index is 1.81. The number of carboxylic acid groups (broad SMARTS) is 1. The summed E-state index contributed by atoms with van der Waals surface area (Å²) in [5.41, 5.74) is 1.41. The molecule has 4 aromatic rings. The van der Waals surface area contributed by atoms with Crippen molar-refractivity contribution in [2.45, 2.75) is 57.0 Å². The van der Waals surface area contributed by atoms with Gasteiger partial charge in [0.2, 0.25) is 0 Å². The number of fused-ring (bicyclic) bond motifs is 2. The van der Waals surface area contributed by atoms with Crippen molar-refractivity contribution in [1.29, 1.82) is 0 Å². The van der Waals surface area contributed by atoms with E-state index in [0.717, 1.165) is 11.3 Å². The molecular formula is C26H27F2N3O4. The van der Waals surface area contributed by atoms with Gasteiger partial charge < -0.3 is 19.5 Å². The standard InChI is InChI=1S/C26H27F2N3O4/c1-13(2)24-20(14-6-8-26(34,9-7-14)25(32)33)21-18(10-15-12-29-30-23(15)22(21)28)31(24)16-4-5-17(27)19(11-16)35-3/h4-5,10-14,34H,6-9H2,1-3H3,(H,29,30)(H,32,33)/t14-,26+. The van der Waals surface area contributed by atoms with E-state index < -0.39 is 23.2 Å². The van der Waals surface area contributed by atoms with Gasteiger partial charge in [-0.05, 0) is 61.3 Å². The summed E-state index contributed by atoms with van der Waals surface area (Å²) in [6.45, 7) is 4.02. The van der Waals surface area contributed by atoms with E-state index in [1.807, 2.05) is 24.5 Å². The molecular weight excluding hydrogens is 456 g/mol. The number of hydrogen-bond acceptors (Lipinski definition) is 4. The number of aromatic nitrogens is 3. The van der Waals surface area contributed by atoms with Crippen LogP contribution in [0.1, 0.15) is 62.6 Å². The SMILES string of the molecule is COc1cc(-n2c(C(C)C)c([C@H]3CC[C@](O)(C(=O)O)CC3)c3c(F)c4[nH]ncc4cc32)ccc1F. The first-order chi connectivity index (χ1) is 16.7. The van der Waals surface area contributed by atoms with Crippen molar-refractivity contribution in [1.82, 2.24) is 14.8 Å². The Kier molecular flexibility index (Phi) is 5.55. The van der Waals surface area contributed by atoms with E-state index in [0.29, 0.717) is 40.3 Å². The highest BCUT2D eigenvalue weighted by atomic mass is 19.1. The number of carboxylic acids is 1. The molecule has 2 heterocycles. The zero-order chi connectivity index (χ0) is 25.1. The van der Waals surface area contributed by atoms with E-state index in [4.69, 9.17) is 4.74 Å². The van der Waals surface area contributed by atoms with Crippen molar-refractivity contribution in [3.63, 3.8) is 0 Å². The largest absolute Gasteiger partial charge is 0.494 e. The van der Waals surface area contributed by atoms with E-state index in [9.17, 15) is 19.4 Å². The average molecular weight is 484 g/mol. The van der Waals surface area contributed by atoms with Crippen molar-refractivity contribution >= 4 is 27.8 Å². The third kappa shape index (κ3) is 3.56. The Labute approximate surface area is 200 Å². The fourth-order valence-electron chi connectivity index (χ4n) is 5.49. The summed E-state index contributed by atoms with van der Waals surface area (Å²) >= 11 is 0. The number of aromatic amines is 1. The highest BCUT2D eigenvalue weighted by Gasteiger charge is 2.42. The number of methoxy groups -OCH3 is 1. The van der Waals surface area contributed by atoms with Crippen molar-refractivity contribution in [3.05, 3.63) is 53.4 Å². The van der Waals surface area contributed by atoms with Crippen LogP contribution in [0.5, 0.6) is 5.75 Å². The summed E-state index contributed by atoms with van der Waals surface area (Å²) in [7, 11) is 1.39. The lowest BCUT2D eigenvalue weighted by Gasteiger charge is -2.33. The maximum Gasteiger partial charge on any atom is 0.335 e. The molecule has 0 spiro atoms. The van der Waals surface area contributed by atoms with Crippen LogP contribution in [0.25, 0.3) is 27.5 Å². The van der Waals surface area contributed by atoms with Gasteiger partial charge in [0.15, 0.2) is 23.0 Å². The number of ether oxygens (including phenoxy) is 1. The van der Waals surface area contributed by atoms with Crippen LogP contribution in [0.4, 0.5) is 8.78 Å². The third-order valence-corrected chi connectivity index (χ3v) is 7.24. The number of hydrogen-bond donors (Lipinski definition) is 3. The Morgan fingerprint density at radius 3 is 2.60 bits per heavy atom. The Bertz CT molecular complexity index is 1450. The number of halogens is 2. The third-order valence-electron chi connectivity index (χ3n) is 7.24. The molecule has 2 aromatic carbocycles. The molecule has 2 aromatic heterocycles. The second-order valence-electron chi connectivity index (χ2n) is 9.64. The van der Waals surface area contributed by atoms with E-state index >= 15 is 4.39 Å². The zero-order valence-electron chi connectivity index (χ0n) is 19.7. The smallest absolute Gasteiger partial charge is 0.335 e. The predicted molar refractivity (Wildman–Crippen MR) is 127 cm³/mol. The summed E-state index contributed by atoms with van der Waals surface area (Å²) in [5, 5.41) is 27.7. The lowest BCUT2D eigenvalue weighted by atomic mass is 9.74. The molecule has 1 aliphatic carbocycles. The Hall–Kier alpha value is -3.46. The summed E-state index contributed by atoms with van der Waals surface area (Å²) in [4.78, 5) is 11.6. The number of rotatable bonds is 5. The summed E-state index contributed by atoms with van der Waals surface area (Å²) in [6, 6.07) is 6.41. The Morgan fingerprint density at radius 1 is 1.26 bits per heavy atom. The fourth-order valence-corrected chi connectivity index (χ4v) is 5.49. The number of benzene rings is 2. The number of aliphatic carboxylic acids is 1. The van der Waals surface area contributed by atoms with Crippen LogP contribution in [0.3, 0.4) is 0 Å². The van der Waals surface area contributed by atoms with Gasteiger partial charge in [0, 0.05) is 28.2 Å². The molecule has 1 fully saturated rings. The van der Waals surface area contributed by atoms with Gasteiger partial charge in [-0.1, -0.05) is 13.8 Å². The molecule has 1 saturated carbocycles. The predicted octanol–water partition coefficient (Wildman–Crippen LogP) is 5.39. The molecule has 35 heavy (non-hydrogen) atoms. The van der Waals surface area contributed by atoms with E-state index in [2.05, 4.69) is 10.2 Å². The molecule has 5 rings (SSSR count). The maximum atomic E-state index is 16.1. The van der Waals surface area contributed by atoms with Crippen LogP contribution in [0.2, 0.25) is 0 Å². The molecule has 1 aliphatic rings. The first-order valence-electron chi connectivity index (χ1n) is 11.7. The highest BCUT2D eigenvalue weighted by molar-refractivity contribution is 6.00. The monoisotopic (exact) mass is 483 g/mol. The van der Waals surface area contributed by atoms with Crippen LogP contribution >= 0.6 is 0 Å². The van der Waals surface area contributed by atoms with Gasteiger partial charge in [-0.3, -0.25) is 5.10 Å². The second kappa shape index (κ2) is 8.34. The van der Waals surface area contributed by atoms with Gasteiger partial charge in [0.1, 0.15) is 5.52 Å². The highest BCUT2D eigenvalue weighted by Crippen LogP contribution is 2.47. The maximum absolute atomic E-state index is 16.1. The van der Waals surface area contributed by atoms with E-state index in [1.165, 1.54) is 13.2 Å². The second-order valence-corrected chi connectivity index (χ2v) is 9.64. The quantitative estimate of drug-likeness (QED) is 0.353. The molecule has 0 bridgehead atoms. The van der Waals surface area contributed by atoms with Crippen molar-refractivity contribution in [3.8, 4) is 11.4 Å². The van der Waals surface area contributed by atoms with E-state index in [-0.39, 0.29) is 30.4 Å². The van der Waals surface area contributed by atoms with Crippen LogP contribution in [0.15, 0.2) is 30.5 Å². The fraction of sp³-hybridized carbons (Fsp3) is 0.385. The van der Waals surface area contributed by atoms with E-state index in [1.54, 1.807) is 18.3 Å². The minimum absolute atomic E-state index is 0.0374. The zero-order valence-corrected chi connectivity index (χ0v) is 19.7. The van der Waals surface area contributed by atoms with Crippen LogP contribution in [-0.2, 0) is 4.79 Å². The van der Waals surface area contributed by atoms with Gasteiger partial charge in [-0.2, -0.15) is 5.10 Å². The normalized spacial score (nSPS) is 20.7. The molecule has 0 unspecified atom stereocenters. The average Bonchev–Trinajstić information content (AvgIpc) is 3.43. The van der Waals surface area contributed by atoms with Crippen LogP contribution in [-0.4, -0.2) is 43.7 Å². The molecule has 184 valence electrons. The first kappa shape index (κ1) is 23.3. The van der Waals surface area contributed by atoms with Crippen LogP contribution in [0, 0.1) is 11.6 Å². The summed E-state index contributed by atoms with van der Waals surface area (Å²) in [6.07, 6.45) is 2.51.